The lowest BCUT2D eigenvalue weighted by Crippen LogP contribution is -2.37. The number of halogens is 4. The minimum Gasteiger partial charge on any atom is -0.493 e. The van der Waals surface area contributed by atoms with Crippen LogP contribution in [0.25, 0.3) is 0 Å². The first-order chi connectivity index (χ1) is 20.1. The zero-order chi connectivity index (χ0) is 30.5. The predicted octanol–water partition coefficient (Wildman–Crippen LogP) is 8.07. The number of amides is 1. The Morgan fingerprint density at radius 1 is 0.810 bits per heavy atom. The minimum absolute atomic E-state index is 0.191. The van der Waals surface area contributed by atoms with Gasteiger partial charge in [0.15, 0.2) is 11.9 Å². The summed E-state index contributed by atoms with van der Waals surface area (Å²) in [6.07, 6.45) is 0.0128. The van der Waals surface area contributed by atoms with E-state index in [9.17, 15) is 14.7 Å². The van der Waals surface area contributed by atoms with Crippen LogP contribution in [-0.4, -0.2) is 61.1 Å². The number of carboxylic acid groups (broad SMARTS) is 1. The molecular formula is C30H31Cl4NO7. The van der Waals surface area contributed by atoms with Crippen molar-refractivity contribution in [2.45, 2.75) is 32.3 Å². The van der Waals surface area contributed by atoms with E-state index >= 15 is 0 Å². The van der Waals surface area contributed by atoms with Crippen LogP contribution in [0.4, 0.5) is 4.79 Å². The maximum Gasteiger partial charge on any atom is 0.415 e. The molecule has 0 radical (unpaired) electrons. The van der Waals surface area contributed by atoms with Crippen LogP contribution >= 0.6 is 46.4 Å². The Morgan fingerprint density at radius 2 is 1.50 bits per heavy atom. The fraction of sp³-hybridized carbons (Fsp3) is 0.333. The maximum atomic E-state index is 13.0. The number of nitrogens with zero attached hydrogens (tertiary/aromatic N) is 1. The highest BCUT2D eigenvalue weighted by Gasteiger charge is 2.19. The van der Waals surface area contributed by atoms with Crippen LogP contribution < -0.4 is 14.2 Å². The summed E-state index contributed by atoms with van der Waals surface area (Å²) < 4.78 is 22.4. The van der Waals surface area contributed by atoms with E-state index in [0.29, 0.717) is 59.2 Å². The molecule has 0 aliphatic carbocycles. The molecule has 1 atom stereocenters. The molecule has 0 aliphatic rings. The normalized spacial score (nSPS) is 11.5. The molecule has 0 fully saturated rings. The van der Waals surface area contributed by atoms with Crippen LogP contribution in [0.15, 0.2) is 60.7 Å². The van der Waals surface area contributed by atoms with Crippen molar-refractivity contribution in [3.8, 4) is 17.2 Å². The highest BCUT2D eigenvalue weighted by molar-refractivity contribution is 6.35. The average Bonchev–Trinajstić information content (AvgIpc) is 2.93. The second-order valence-corrected chi connectivity index (χ2v) is 10.8. The first-order valence-electron chi connectivity index (χ1n) is 13.2. The molecule has 226 valence electrons. The summed E-state index contributed by atoms with van der Waals surface area (Å²) >= 11 is 24.2. The number of carbonyl (C=O) groups is 2. The monoisotopic (exact) mass is 657 g/mol. The fourth-order valence-electron chi connectivity index (χ4n) is 3.85. The van der Waals surface area contributed by atoms with Crippen molar-refractivity contribution < 1.29 is 33.6 Å². The molecule has 0 aromatic heterocycles. The molecule has 0 spiro atoms. The van der Waals surface area contributed by atoms with Gasteiger partial charge in [-0.15, -0.1) is 0 Å². The Balaban J connectivity index is 1.55. The van der Waals surface area contributed by atoms with E-state index in [1.165, 1.54) is 17.0 Å². The zero-order valence-corrected chi connectivity index (χ0v) is 25.9. The molecular weight excluding hydrogens is 628 g/mol. The highest BCUT2D eigenvalue weighted by Crippen LogP contribution is 2.28. The van der Waals surface area contributed by atoms with Crippen LogP contribution in [0.1, 0.15) is 25.3 Å². The van der Waals surface area contributed by atoms with Crippen molar-refractivity contribution in [2.75, 3.05) is 32.9 Å². The van der Waals surface area contributed by atoms with Gasteiger partial charge in [0.2, 0.25) is 0 Å². The van der Waals surface area contributed by atoms with E-state index in [0.717, 1.165) is 5.56 Å². The van der Waals surface area contributed by atoms with Gasteiger partial charge in [0.1, 0.15) is 18.1 Å². The third-order valence-corrected chi connectivity index (χ3v) is 6.86. The van der Waals surface area contributed by atoms with E-state index in [-0.39, 0.29) is 30.3 Å². The van der Waals surface area contributed by atoms with Crippen LogP contribution in [0, 0.1) is 0 Å². The lowest BCUT2D eigenvalue weighted by atomic mass is 10.1. The standard InChI is InChI=1S/C30H31Cl4NO7/c1-2-39-28(29(36)37)15-20-5-8-24(9-6-20)41-14-12-35(30(38)42-27-10-7-21(31)19-26(27)34)11-3-4-13-40-25-17-22(32)16-23(33)18-25/h5-10,16-19,28H,2-4,11-15H2,1H3,(H,36,37). The number of benzene rings is 3. The van der Waals surface area contributed by atoms with E-state index in [2.05, 4.69) is 0 Å². The quantitative estimate of drug-likeness (QED) is 0.156. The van der Waals surface area contributed by atoms with Gasteiger partial charge in [0.25, 0.3) is 0 Å². The Bertz CT molecular complexity index is 1300. The predicted molar refractivity (Wildman–Crippen MR) is 164 cm³/mol. The van der Waals surface area contributed by atoms with Gasteiger partial charge in [-0.1, -0.05) is 58.5 Å². The fourth-order valence-corrected chi connectivity index (χ4v) is 4.80. The Kier molecular flexibility index (Phi) is 13.8. The second kappa shape index (κ2) is 17.3. The number of carboxylic acids is 1. The zero-order valence-electron chi connectivity index (χ0n) is 22.9. The van der Waals surface area contributed by atoms with Crippen molar-refractivity contribution in [3.63, 3.8) is 0 Å². The first kappa shape index (κ1) is 33.6. The third kappa shape index (κ3) is 11.4. The maximum absolute atomic E-state index is 13.0. The van der Waals surface area contributed by atoms with Gasteiger partial charge in [0, 0.05) is 34.6 Å². The molecule has 0 heterocycles. The summed E-state index contributed by atoms with van der Waals surface area (Å²) in [5, 5.41) is 10.9. The largest absolute Gasteiger partial charge is 0.493 e. The number of ether oxygens (including phenoxy) is 4. The highest BCUT2D eigenvalue weighted by atomic mass is 35.5. The van der Waals surface area contributed by atoms with Crippen molar-refractivity contribution in [3.05, 3.63) is 86.3 Å². The number of unbranched alkanes of at least 4 members (excludes halogenated alkanes) is 1. The van der Waals surface area contributed by atoms with Gasteiger partial charge < -0.3 is 29.0 Å². The SMILES string of the molecule is CCOC(Cc1ccc(OCCN(CCCCOc2cc(Cl)cc(Cl)c2)C(=O)Oc2ccc(Cl)cc2Cl)cc1)C(=O)O. The lowest BCUT2D eigenvalue weighted by Gasteiger charge is -2.22. The van der Waals surface area contributed by atoms with Crippen molar-refractivity contribution >= 4 is 58.5 Å². The third-order valence-electron chi connectivity index (χ3n) is 5.89. The second-order valence-electron chi connectivity index (χ2n) is 9.07. The van der Waals surface area contributed by atoms with Crippen LogP contribution in [-0.2, 0) is 16.0 Å². The topological polar surface area (TPSA) is 94.5 Å². The number of rotatable bonds is 16. The molecule has 12 heteroatoms. The van der Waals surface area contributed by atoms with E-state index < -0.39 is 18.2 Å². The Labute approximate surface area is 264 Å². The number of aliphatic carboxylic acids is 1. The number of carbonyl (C=O) groups excluding carboxylic acids is 1. The molecule has 1 N–H and O–H groups in total. The summed E-state index contributed by atoms with van der Waals surface area (Å²) in [7, 11) is 0. The molecule has 42 heavy (non-hydrogen) atoms. The van der Waals surface area contributed by atoms with Crippen LogP contribution in [0.3, 0.4) is 0 Å². The van der Waals surface area contributed by atoms with Crippen LogP contribution in [0.2, 0.25) is 20.1 Å². The van der Waals surface area contributed by atoms with Crippen molar-refractivity contribution in [1.29, 1.82) is 0 Å². The first-order valence-corrected chi connectivity index (χ1v) is 14.7. The molecule has 0 bridgehead atoms. The van der Waals surface area contributed by atoms with Crippen LogP contribution in [0.5, 0.6) is 17.2 Å². The van der Waals surface area contributed by atoms with Gasteiger partial charge in [-0.3, -0.25) is 0 Å². The number of hydrogen-bond acceptors (Lipinski definition) is 6. The van der Waals surface area contributed by atoms with E-state index in [1.807, 2.05) is 0 Å². The van der Waals surface area contributed by atoms with Gasteiger partial charge in [-0.25, -0.2) is 9.59 Å². The summed E-state index contributed by atoms with van der Waals surface area (Å²) in [6.45, 7) is 3.27. The Morgan fingerprint density at radius 3 is 2.14 bits per heavy atom. The van der Waals surface area contributed by atoms with Gasteiger partial charge in [-0.2, -0.15) is 0 Å². The Hall–Kier alpha value is -2.88. The molecule has 0 saturated heterocycles. The summed E-state index contributed by atoms with van der Waals surface area (Å²) in [5.41, 5.74) is 0.801. The smallest absolute Gasteiger partial charge is 0.415 e. The molecule has 8 nitrogen and oxygen atoms in total. The molecule has 3 rings (SSSR count). The molecule has 3 aromatic carbocycles. The molecule has 1 unspecified atom stereocenters. The van der Waals surface area contributed by atoms with Gasteiger partial charge in [-0.05, 0) is 73.9 Å². The van der Waals surface area contributed by atoms with Crippen molar-refractivity contribution in [2.24, 2.45) is 0 Å². The number of hydrogen-bond donors (Lipinski definition) is 1. The summed E-state index contributed by atoms with van der Waals surface area (Å²) in [5.74, 6) is 0.325. The molecule has 3 aromatic rings. The lowest BCUT2D eigenvalue weighted by molar-refractivity contribution is -0.149. The average molecular weight is 659 g/mol. The summed E-state index contributed by atoms with van der Waals surface area (Å²) in [4.78, 5) is 25.9. The van der Waals surface area contributed by atoms with E-state index in [1.54, 1.807) is 55.5 Å². The molecule has 0 aliphatic heterocycles. The molecule has 0 saturated carbocycles. The molecule has 1 amide bonds. The van der Waals surface area contributed by atoms with Gasteiger partial charge in [0.05, 0.1) is 18.2 Å². The van der Waals surface area contributed by atoms with E-state index in [4.69, 9.17) is 65.4 Å². The van der Waals surface area contributed by atoms with Gasteiger partial charge >= 0.3 is 12.1 Å². The van der Waals surface area contributed by atoms with Crippen molar-refractivity contribution in [1.82, 2.24) is 4.90 Å². The summed E-state index contributed by atoms with van der Waals surface area (Å²) in [6, 6.07) is 16.7. The minimum atomic E-state index is -1.01.